The molecule has 1 unspecified atom stereocenters. The third kappa shape index (κ3) is 3.74. The Morgan fingerprint density at radius 2 is 1.85 bits per heavy atom. The number of aliphatic hydroxyl groups excluding tert-OH is 1. The van der Waals surface area contributed by atoms with Crippen molar-refractivity contribution < 1.29 is 18.3 Å². The molecule has 0 aliphatic carbocycles. The molecular weight excluding hydrogens is 341 g/mol. The van der Waals surface area contributed by atoms with Crippen LogP contribution >= 0.6 is 0 Å². The van der Waals surface area contributed by atoms with Crippen molar-refractivity contribution in [3.63, 3.8) is 0 Å². The maximum Gasteiger partial charge on any atom is 0.433 e. The van der Waals surface area contributed by atoms with Crippen molar-refractivity contribution in [3.05, 3.63) is 72.4 Å². The van der Waals surface area contributed by atoms with Crippen LogP contribution in [0.1, 0.15) is 19.5 Å². The number of aromatic nitrogens is 1. The van der Waals surface area contributed by atoms with Gasteiger partial charge in [-0.05, 0) is 47.4 Å². The van der Waals surface area contributed by atoms with Crippen molar-refractivity contribution in [1.82, 2.24) is 4.98 Å². The normalized spacial score (nSPS) is 17.5. The van der Waals surface area contributed by atoms with Crippen LogP contribution in [0.4, 0.5) is 18.9 Å². The summed E-state index contributed by atoms with van der Waals surface area (Å²) in [5.74, 6) is 0.424. The Morgan fingerprint density at radius 1 is 1.12 bits per heavy atom. The molecule has 1 aliphatic rings. The van der Waals surface area contributed by atoms with Gasteiger partial charge >= 0.3 is 6.18 Å². The molecule has 0 bridgehead atoms. The lowest BCUT2D eigenvalue weighted by molar-refractivity contribution is -0.141. The molecule has 0 fully saturated rings. The van der Waals surface area contributed by atoms with Crippen LogP contribution < -0.4 is 4.90 Å². The fraction of sp³-hybridized carbons (Fsp3) is 0.250. The van der Waals surface area contributed by atoms with Gasteiger partial charge in [0.2, 0.25) is 0 Å². The summed E-state index contributed by atoms with van der Waals surface area (Å²) in [6, 6.07) is 9.87. The molecule has 2 heterocycles. The second-order valence-corrected chi connectivity index (χ2v) is 6.53. The first kappa shape index (κ1) is 18.0. The number of halogens is 3. The highest BCUT2D eigenvalue weighted by Crippen LogP contribution is 2.33. The monoisotopic (exact) mass is 360 g/mol. The van der Waals surface area contributed by atoms with Crippen LogP contribution in [-0.2, 0) is 6.18 Å². The first-order chi connectivity index (χ1) is 12.3. The maximum absolute atomic E-state index is 12.9. The van der Waals surface area contributed by atoms with Crippen molar-refractivity contribution in [2.24, 2.45) is 5.92 Å². The van der Waals surface area contributed by atoms with E-state index in [0.717, 1.165) is 18.0 Å². The summed E-state index contributed by atoms with van der Waals surface area (Å²) in [6.45, 7) is 4.14. The molecule has 0 spiro atoms. The van der Waals surface area contributed by atoms with Crippen LogP contribution in [-0.4, -0.2) is 16.1 Å². The first-order valence-corrected chi connectivity index (χ1v) is 8.27. The number of nitrogens with zero attached hydrogens (tertiary/aromatic N) is 2. The lowest BCUT2D eigenvalue weighted by atomic mass is 9.98. The standard InChI is InChI=1S/C20H19F3N2O/c1-13(2)18-7-6-17(26)12-25(18)16-5-3-4-14(10-16)15-8-9-24-19(11-15)20(21,22)23/h3-13,18,26H,1-2H3. The Balaban J connectivity index is 2.00. The zero-order chi connectivity index (χ0) is 18.9. The van der Waals surface area contributed by atoms with E-state index in [0.29, 0.717) is 11.1 Å². The van der Waals surface area contributed by atoms with Crippen LogP contribution in [0.2, 0.25) is 0 Å². The van der Waals surface area contributed by atoms with Gasteiger partial charge in [0.25, 0.3) is 0 Å². The molecule has 0 saturated carbocycles. The summed E-state index contributed by atoms with van der Waals surface area (Å²) in [5, 5.41) is 9.85. The SMILES string of the molecule is CC(C)C1C=CC(O)=CN1c1cccc(-c2ccnc(C(F)(F)F)c2)c1. The number of hydrogen-bond donors (Lipinski definition) is 1. The van der Waals surface area contributed by atoms with Crippen LogP contribution in [0.15, 0.2) is 66.7 Å². The van der Waals surface area contributed by atoms with Gasteiger partial charge in [0.15, 0.2) is 0 Å². The molecule has 0 radical (unpaired) electrons. The molecular formula is C20H19F3N2O. The van der Waals surface area contributed by atoms with E-state index in [9.17, 15) is 18.3 Å². The summed E-state index contributed by atoms with van der Waals surface area (Å²) < 4.78 is 38.8. The summed E-state index contributed by atoms with van der Waals surface area (Å²) in [6.07, 6.45) is 1.89. The number of aliphatic hydroxyl groups is 1. The van der Waals surface area contributed by atoms with E-state index in [1.54, 1.807) is 30.5 Å². The zero-order valence-electron chi connectivity index (χ0n) is 14.4. The minimum Gasteiger partial charge on any atom is -0.506 e. The van der Waals surface area contributed by atoms with Crippen molar-refractivity contribution in [3.8, 4) is 11.1 Å². The lowest BCUT2D eigenvalue weighted by Gasteiger charge is -2.34. The van der Waals surface area contributed by atoms with Crippen LogP contribution in [0.5, 0.6) is 0 Å². The number of rotatable bonds is 3. The van der Waals surface area contributed by atoms with Crippen molar-refractivity contribution in [2.75, 3.05) is 4.90 Å². The highest BCUT2D eigenvalue weighted by atomic mass is 19.4. The van der Waals surface area contributed by atoms with Crippen LogP contribution in [0, 0.1) is 5.92 Å². The topological polar surface area (TPSA) is 36.4 Å². The number of pyridine rings is 1. The molecule has 0 saturated heterocycles. The summed E-state index contributed by atoms with van der Waals surface area (Å²) >= 11 is 0. The number of anilines is 1. The molecule has 1 aliphatic heterocycles. The van der Waals surface area contributed by atoms with Gasteiger partial charge in [-0.3, -0.25) is 4.98 Å². The Morgan fingerprint density at radius 3 is 2.54 bits per heavy atom. The third-order valence-corrected chi connectivity index (χ3v) is 4.27. The van der Waals surface area contributed by atoms with E-state index >= 15 is 0 Å². The second-order valence-electron chi connectivity index (χ2n) is 6.53. The number of benzene rings is 1. The quantitative estimate of drug-likeness (QED) is 0.778. The molecule has 0 amide bonds. The van der Waals surface area contributed by atoms with Crippen molar-refractivity contribution >= 4 is 5.69 Å². The number of alkyl halides is 3. The van der Waals surface area contributed by atoms with Gasteiger partial charge < -0.3 is 10.0 Å². The Labute approximate surface area is 150 Å². The predicted molar refractivity (Wildman–Crippen MR) is 95.6 cm³/mol. The van der Waals surface area contributed by atoms with Gasteiger partial charge in [-0.2, -0.15) is 13.2 Å². The third-order valence-electron chi connectivity index (χ3n) is 4.27. The molecule has 1 atom stereocenters. The number of hydrogen-bond acceptors (Lipinski definition) is 3. The average Bonchev–Trinajstić information content (AvgIpc) is 2.61. The molecule has 2 aromatic rings. The Hall–Kier alpha value is -2.76. The van der Waals surface area contributed by atoms with E-state index in [1.165, 1.54) is 0 Å². The lowest BCUT2D eigenvalue weighted by Crippen LogP contribution is -2.35. The van der Waals surface area contributed by atoms with Crippen molar-refractivity contribution in [2.45, 2.75) is 26.1 Å². The zero-order valence-corrected chi connectivity index (χ0v) is 14.4. The summed E-state index contributed by atoms with van der Waals surface area (Å²) in [4.78, 5) is 5.33. The van der Waals surface area contributed by atoms with Gasteiger partial charge in [-0.15, -0.1) is 0 Å². The van der Waals surface area contributed by atoms with Gasteiger partial charge in [0.1, 0.15) is 11.5 Å². The number of allylic oxidation sites excluding steroid dienone is 1. The highest BCUT2D eigenvalue weighted by molar-refractivity contribution is 5.70. The fourth-order valence-corrected chi connectivity index (χ4v) is 2.96. The smallest absolute Gasteiger partial charge is 0.433 e. The molecule has 6 heteroatoms. The van der Waals surface area contributed by atoms with Gasteiger partial charge in [0, 0.05) is 18.1 Å². The minimum absolute atomic E-state index is 0.0457. The van der Waals surface area contributed by atoms with E-state index in [1.807, 2.05) is 23.1 Å². The van der Waals surface area contributed by atoms with Gasteiger partial charge in [-0.25, -0.2) is 0 Å². The molecule has 3 rings (SSSR count). The molecule has 1 aromatic heterocycles. The average molecular weight is 360 g/mol. The van der Waals surface area contributed by atoms with E-state index in [2.05, 4.69) is 18.8 Å². The van der Waals surface area contributed by atoms with Gasteiger partial charge in [0.05, 0.1) is 6.04 Å². The first-order valence-electron chi connectivity index (χ1n) is 8.27. The van der Waals surface area contributed by atoms with E-state index in [-0.39, 0.29) is 17.7 Å². The Bertz CT molecular complexity index is 856. The molecule has 26 heavy (non-hydrogen) atoms. The molecule has 136 valence electrons. The molecule has 3 nitrogen and oxygen atoms in total. The predicted octanol–water partition coefficient (Wildman–Crippen LogP) is 5.57. The van der Waals surface area contributed by atoms with Crippen LogP contribution in [0.3, 0.4) is 0 Å². The van der Waals surface area contributed by atoms with Crippen LogP contribution in [0.25, 0.3) is 11.1 Å². The largest absolute Gasteiger partial charge is 0.506 e. The Kier molecular flexibility index (Phi) is 4.76. The van der Waals surface area contributed by atoms with E-state index in [4.69, 9.17) is 0 Å². The molecule has 1 aromatic carbocycles. The summed E-state index contributed by atoms with van der Waals surface area (Å²) in [7, 11) is 0. The fourth-order valence-electron chi connectivity index (χ4n) is 2.96. The second kappa shape index (κ2) is 6.86. The molecule has 1 N–H and O–H groups in total. The van der Waals surface area contributed by atoms with Crippen molar-refractivity contribution in [1.29, 1.82) is 0 Å². The minimum atomic E-state index is -4.48. The maximum atomic E-state index is 12.9. The summed E-state index contributed by atoms with van der Waals surface area (Å²) in [5.41, 5.74) is 0.970. The highest BCUT2D eigenvalue weighted by Gasteiger charge is 2.32. The van der Waals surface area contributed by atoms with E-state index < -0.39 is 11.9 Å². The van der Waals surface area contributed by atoms with Gasteiger partial charge in [-0.1, -0.05) is 32.1 Å².